The lowest BCUT2D eigenvalue weighted by Crippen LogP contribution is -2.59. The van der Waals surface area contributed by atoms with Crippen LogP contribution in [0.2, 0.25) is 0 Å². The molecule has 0 spiro atoms. The highest BCUT2D eigenvalue weighted by atomic mass is 16.6. The second-order valence-electron chi connectivity index (χ2n) is 12.4. The summed E-state index contributed by atoms with van der Waals surface area (Å²) in [5, 5.41) is 6.72. The van der Waals surface area contributed by atoms with Crippen molar-refractivity contribution in [1.82, 2.24) is 25.5 Å². The molecule has 3 rings (SSSR count). The SMILES string of the molecule is CC(=O)OC1CCN(C(=O)C(NC(=O)C(C)NCC(=O)OC(C)(C)C)C(C)(C)C)C1Cc1c[nH]c2ncccc12. The van der Waals surface area contributed by atoms with Gasteiger partial charge in [0, 0.05) is 37.7 Å². The van der Waals surface area contributed by atoms with Gasteiger partial charge in [0.2, 0.25) is 11.8 Å². The van der Waals surface area contributed by atoms with Gasteiger partial charge in [-0.15, -0.1) is 0 Å². The highest BCUT2D eigenvalue weighted by Crippen LogP contribution is 2.30. The van der Waals surface area contributed by atoms with Crippen LogP contribution in [0.4, 0.5) is 0 Å². The molecule has 2 amide bonds. The molecule has 1 aliphatic rings. The van der Waals surface area contributed by atoms with Crippen LogP contribution in [-0.2, 0) is 35.1 Å². The Balaban J connectivity index is 1.78. The lowest BCUT2D eigenvalue weighted by Gasteiger charge is -2.37. The third-order valence-corrected chi connectivity index (χ3v) is 6.82. The van der Waals surface area contributed by atoms with Gasteiger partial charge in [0.25, 0.3) is 0 Å². The molecule has 1 saturated heterocycles. The van der Waals surface area contributed by atoms with Crippen molar-refractivity contribution in [2.75, 3.05) is 13.1 Å². The summed E-state index contributed by atoms with van der Waals surface area (Å²) in [5.74, 6) is -1.54. The predicted molar refractivity (Wildman–Crippen MR) is 150 cm³/mol. The van der Waals surface area contributed by atoms with E-state index in [9.17, 15) is 19.2 Å². The van der Waals surface area contributed by atoms with Crippen molar-refractivity contribution in [1.29, 1.82) is 0 Å². The summed E-state index contributed by atoms with van der Waals surface area (Å²) in [6.07, 6.45) is 4.04. The standard InChI is InChI=1S/C29H43N5O6/c1-17(31-16-23(36)40-29(6,7)8)26(37)33-24(28(3,4)5)27(38)34-13-11-22(39-18(2)35)21(34)14-19-15-32-25-20(19)10-9-12-30-25/h9-10,12,15,17,21-22,24,31H,11,13-14,16H2,1-8H3,(H,30,32)(H,33,37). The van der Waals surface area contributed by atoms with E-state index in [0.717, 1.165) is 16.6 Å². The van der Waals surface area contributed by atoms with Crippen LogP contribution in [-0.4, -0.2) is 81.5 Å². The number of pyridine rings is 1. The number of hydrogen-bond acceptors (Lipinski definition) is 8. The summed E-state index contributed by atoms with van der Waals surface area (Å²) >= 11 is 0. The average molecular weight is 558 g/mol. The highest BCUT2D eigenvalue weighted by Gasteiger charge is 2.44. The molecule has 4 atom stereocenters. The molecule has 0 aromatic carbocycles. The second-order valence-corrected chi connectivity index (χ2v) is 12.4. The maximum Gasteiger partial charge on any atom is 0.320 e. The number of carbonyl (C=O) groups is 4. The number of fused-ring (bicyclic) bond motifs is 1. The van der Waals surface area contributed by atoms with Gasteiger partial charge in [-0.2, -0.15) is 0 Å². The Kier molecular flexibility index (Phi) is 9.60. The monoisotopic (exact) mass is 557 g/mol. The van der Waals surface area contributed by atoms with Gasteiger partial charge < -0.3 is 24.7 Å². The lowest BCUT2D eigenvalue weighted by atomic mass is 9.85. The van der Waals surface area contributed by atoms with Gasteiger partial charge in [-0.25, -0.2) is 4.98 Å². The van der Waals surface area contributed by atoms with E-state index in [1.165, 1.54) is 6.92 Å². The molecule has 0 radical (unpaired) electrons. The molecule has 40 heavy (non-hydrogen) atoms. The van der Waals surface area contributed by atoms with Crippen LogP contribution in [0.15, 0.2) is 24.5 Å². The zero-order valence-corrected chi connectivity index (χ0v) is 24.8. The van der Waals surface area contributed by atoms with Gasteiger partial charge in [0.15, 0.2) is 0 Å². The second kappa shape index (κ2) is 12.4. The molecule has 2 aromatic heterocycles. The van der Waals surface area contributed by atoms with Crippen molar-refractivity contribution in [3.63, 3.8) is 0 Å². The van der Waals surface area contributed by atoms with Crippen molar-refractivity contribution in [2.45, 2.75) is 98.1 Å². The van der Waals surface area contributed by atoms with E-state index in [0.29, 0.717) is 19.4 Å². The third-order valence-electron chi connectivity index (χ3n) is 6.82. The number of aromatic amines is 1. The number of carbonyl (C=O) groups excluding carboxylic acids is 4. The number of rotatable bonds is 9. The van der Waals surface area contributed by atoms with Crippen LogP contribution in [0.3, 0.4) is 0 Å². The van der Waals surface area contributed by atoms with Gasteiger partial charge in [-0.3, -0.25) is 24.5 Å². The number of H-pyrrole nitrogens is 1. The summed E-state index contributed by atoms with van der Waals surface area (Å²) in [4.78, 5) is 60.4. The van der Waals surface area contributed by atoms with Gasteiger partial charge in [0.1, 0.15) is 23.4 Å². The van der Waals surface area contributed by atoms with E-state index < -0.39 is 53.1 Å². The number of amides is 2. The molecule has 0 saturated carbocycles. The van der Waals surface area contributed by atoms with Crippen LogP contribution < -0.4 is 10.6 Å². The maximum absolute atomic E-state index is 14.1. The first-order valence-corrected chi connectivity index (χ1v) is 13.7. The van der Waals surface area contributed by atoms with Gasteiger partial charge in [-0.1, -0.05) is 20.8 Å². The molecular formula is C29H43N5O6. The Hall–Kier alpha value is -3.47. The van der Waals surface area contributed by atoms with Crippen molar-refractivity contribution < 1.29 is 28.7 Å². The summed E-state index contributed by atoms with van der Waals surface area (Å²) < 4.78 is 10.9. The molecule has 4 unspecified atom stereocenters. The minimum Gasteiger partial charge on any atom is -0.460 e. The van der Waals surface area contributed by atoms with E-state index in [1.807, 2.05) is 39.1 Å². The number of nitrogens with zero attached hydrogens (tertiary/aromatic N) is 2. The molecular weight excluding hydrogens is 514 g/mol. The minimum absolute atomic E-state index is 0.141. The smallest absolute Gasteiger partial charge is 0.320 e. The maximum atomic E-state index is 14.1. The fourth-order valence-electron chi connectivity index (χ4n) is 4.89. The summed E-state index contributed by atoms with van der Waals surface area (Å²) in [7, 11) is 0. The zero-order valence-electron chi connectivity index (χ0n) is 24.8. The molecule has 1 fully saturated rings. The number of nitrogens with one attached hydrogen (secondary N) is 3. The fourth-order valence-corrected chi connectivity index (χ4v) is 4.89. The first-order valence-electron chi connectivity index (χ1n) is 13.7. The molecule has 3 heterocycles. The normalized spacial score (nSPS) is 19.2. The van der Waals surface area contributed by atoms with Crippen LogP contribution in [0.1, 0.15) is 67.4 Å². The van der Waals surface area contributed by atoms with Gasteiger partial charge in [0.05, 0.1) is 18.6 Å². The first kappa shape index (κ1) is 31.1. The molecule has 0 aliphatic carbocycles. The van der Waals surface area contributed by atoms with Gasteiger partial charge in [-0.05, 0) is 57.2 Å². The molecule has 220 valence electrons. The number of hydrogen-bond donors (Lipinski definition) is 3. The van der Waals surface area contributed by atoms with E-state index in [4.69, 9.17) is 9.47 Å². The molecule has 11 nitrogen and oxygen atoms in total. The summed E-state index contributed by atoms with van der Waals surface area (Å²) in [5.41, 5.74) is 0.450. The Morgan fingerprint density at radius 3 is 2.50 bits per heavy atom. The highest BCUT2D eigenvalue weighted by molar-refractivity contribution is 5.91. The molecule has 3 N–H and O–H groups in total. The molecule has 11 heteroatoms. The third kappa shape index (κ3) is 8.03. The van der Waals surface area contributed by atoms with Crippen molar-refractivity contribution in [2.24, 2.45) is 5.41 Å². The van der Waals surface area contributed by atoms with E-state index >= 15 is 0 Å². The van der Waals surface area contributed by atoms with Gasteiger partial charge >= 0.3 is 11.9 Å². The van der Waals surface area contributed by atoms with Crippen LogP contribution in [0, 0.1) is 5.41 Å². The summed E-state index contributed by atoms with van der Waals surface area (Å²) in [6.45, 7) is 14.2. The van der Waals surface area contributed by atoms with Crippen molar-refractivity contribution in [3.05, 3.63) is 30.1 Å². The molecule has 0 bridgehead atoms. The topological polar surface area (TPSA) is 143 Å². The van der Waals surface area contributed by atoms with Crippen LogP contribution in [0.25, 0.3) is 11.0 Å². The van der Waals surface area contributed by atoms with Crippen molar-refractivity contribution >= 4 is 34.8 Å². The first-order chi connectivity index (χ1) is 18.6. The number of likely N-dealkylation sites (tertiary alicyclic amines) is 1. The lowest BCUT2D eigenvalue weighted by molar-refractivity contribution is -0.154. The van der Waals surface area contributed by atoms with Crippen molar-refractivity contribution in [3.8, 4) is 0 Å². The van der Waals surface area contributed by atoms with Crippen LogP contribution in [0.5, 0.6) is 0 Å². The Bertz CT molecular complexity index is 1230. The predicted octanol–water partition coefficient (Wildman–Crippen LogP) is 2.49. The molecule has 1 aliphatic heterocycles. The van der Waals surface area contributed by atoms with Crippen LogP contribution >= 0.6 is 0 Å². The number of aromatic nitrogens is 2. The Morgan fingerprint density at radius 1 is 1.18 bits per heavy atom. The number of esters is 2. The summed E-state index contributed by atoms with van der Waals surface area (Å²) in [6, 6.07) is 1.80. The average Bonchev–Trinajstić information content (AvgIpc) is 3.42. The Morgan fingerprint density at radius 2 is 1.88 bits per heavy atom. The number of ether oxygens (including phenoxy) is 2. The fraction of sp³-hybridized carbons (Fsp3) is 0.621. The Labute approximate surface area is 235 Å². The molecule has 2 aromatic rings. The van der Waals surface area contributed by atoms with E-state index in [1.54, 1.807) is 38.8 Å². The zero-order chi connectivity index (χ0) is 29.8. The quantitative estimate of drug-likeness (QED) is 0.399. The van der Waals surface area contributed by atoms with E-state index in [-0.39, 0.29) is 12.5 Å². The van der Waals surface area contributed by atoms with E-state index in [2.05, 4.69) is 20.6 Å². The largest absolute Gasteiger partial charge is 0.460 e. The minimum atomic E-state index is -0.853.